The minimum atomic E-state index is -0.586. The van der Waals surface area contributed by atoms with Crippen molar-refractivity contribution in [2.45, 2.75) is 6.04 Å². The molecule has 2 aromatic rings. The average molecular weight is 406 g/mol. The van der Waals surface area contributed by atoms with E-state index in [1.807, 2.05) is 6.07 Å². The van der Waals surface area contributed by atoms with Gasteiger partial charge in [-0.1, -0.05) is 23.2 Å². The minimum Gasteiger partial charge on any atom is -0.324 e. The van der Waals surface area contributed by atoms with Crippen LogP contribution in [-0.4, -0.2) is 34.4 Å². The van der Waals surface area contributed by atoms with Gasteiger partial charge in [0.2, 0.25) is 5.91 Å². The van der Waals surface area contributed by atoms with Gasteiger partial charge in [-0.05, 0) is 42.5 Å². The predicted octanol–water partition coefficient (Wildman–Crippen LogP) is 4.02. The Hall–Kier alpha value is -2.20. The maximum Gasteiger partial charge on any atom is 0.255 e. The van der Waals surface area contributed by atoms with E-state index >= 15 is 0 Å². The Balaban J connectivity index is 1.74. The third-order valence-corrected chi connectivity index (χ3v) is 5.65. The molecule has 0 spiro atoms. The standard InChI is InChI=1S/C18H13Cl2N3O2S/c19-14-6-3-12(7-15(14)20)18(25)23-10-26-9-16(23)17(24)22-13-4-1-11(8-21)2-5-13/h1-7,16H,9-10H2,(H,22,24). The number of benzene rings is 2. The molecular formula is C18H13Cl2N3O2S. The number of nitrogens with zero attached hydrogens (tertiary/aromatic N) is 2. The third-order valence-electron chi connectivity index (χ3n) is 3.89. The lowest BCUT2D eigenvalue weighted by molar-refractivity contribution is -0.119. The smallest absolute Gasteiger partial charge is 0.255 e. The molecule has 1 unspecified atom stereocenters. The predicted molar refractivity (Wildman–Crippen MR) is 104 cm³/mol. The van der Waals surface area contributed by atoms with Gasteiger partial charge in [-0.25, -0.2) is 0 Å². The Labute approximate surface area is 164 Å². The Morgan fingerprint density at radius 3 is 2.54 bits per heavy atom. The highest BCUT2D eigenvalue weighted by molar-refractivity contribution is 7.99. The minimum absolute atomic E-state index is 0.270. The van der Waals surface area contributed by atoms with Crippen LogP contribution in [0, 0.1) is 11.3 Å². The molecule has 1 aliphatic heterocycles. The highest BCUT2D eigenvalue weighted by atomic mass is 35.5. The molecule has 1 fully saturated rings. The van der Waals surface area contributed by atoms with Gasteiger partial charge < -0.3 is 10.2 Å². The number of nitriles is 1. The van der Waals surface area contributed by atoms with Crippen molar-refractivity contribution in [3.63, 3.8) is 0 Å². The molecule has 0 aliphatic carbocycles. The molecule has 5 nitrogen and oxygen atoms in total. The molecule has 0 saturated carbocycles. The maximum absolute atomic E-state index is 12.8. The van der Waals surface area contributed by atoms with Crippen molar-refractivity contribution in [3.8, 4) is 6.07 Å². The zero-order valence-electron chi connectivity index (χ0n) is 13.4. The summed E-state index contributed by atoms with van der Waals surface area (Å²) in [6.45, 7) is 0. The van der Waals surface area contributed by atoms with E-state index in [0.717, 1.165) is 0 Å². The van der Waals surface area contributed by atoms with Crippen molar-refractivity contribution in [2.24, 2.45) is 0 Å². The van der Waals surface area contributed by atoms with Gasteiger partial charge in [0.05, 0.1) is 27.6 Å². The van der Waals surface area contributed by atoms with Crippen LogP contribution in [0.3, 0.4) is 0 Å². The number of rotatable bonds is 3. The summed E-state index contributed by atoms with van der Waals surface area (Å²) in [5, 5.41) is 12.3. The van der Waals surface area contributed by atoms with Gasteiger partial charge in [-0.15, -0.1) is 11.8 Å². The summed E-state index contributed by atoms with van der Waals surface area (Å²) in [6, 6.07) is 12.7. The SMILES string of the molecule is N#Cc1ccc(NC(=O)C2CSCN2C(=O)c2ccc(Cl)c(Cl)c2)cc1. The lowest BCUT2D eigenvalue weighted by atomic mass is 10.1. The van der Waals surface area contributed by atoms with Crippen LogP contribution in [0.15, 0.2) is 42.5 Å². The second kappa shape index (κ2) is 8.00. The van der Waals surface area contributed by atoms with Crippen LogP contribution in [0.2, 0.25) is 10.0 Å². The van der Waals surface area contributed by atoms with Gasteiger partial charge in [0, 0.05) is 17.0 Å². The normalized spacial score (nSPS) is 16.2. The Morgan fingerprint density at radius 1 is 1.15 bits per heavy atom. The van der Waals surface area contributed by atoms with Crippen molar-refractivity contribution in [1.29, 1.82) is 5.26 Å². The molecule has 1 saturated heterocycles. The fraction of sp³-hybridized carbons (Fsp3) is 0.167. The van der Waals surface area contributed by atoms with Crippen LogP contribution in [0.5, 0.6) is 0 Å². The molecule has 3 rings (SSSR count). The van der Waals surface area contributed by atoms with Crippen LogP contribution < -0.4 is 5.32 Å². The molecule has 1 atom stereocenters. The topological polar surface area (TPSA) is 73.2 Å². The van der Waals surface area contributed by atoms with Gasteiger partial charge in [0.15, 0.2) is 0 Å². The van der Waals surface area contributed by atoms with E-state index in [1.54, 1.807) is 36.4 Å². The summed E-state index contributed by atoms with van der Waals surface area (Å²) in [7, 11) is 0. The number of carbonyl (C=O) groups excluding carboxylic acids is 2. The van der Waals surface area contributed by atoms with Gasteiger partial charge in [0.1, 0.15) is 6.04 Å². The van der Waals surface area contributed by atoms with E-state index in [0.29, 0.717) is 38.5 Å². The Bertz CT molecular complexity index is 896. The van der Waals surface area contributed by atoms with Gasteiger partial charge in [0.25, 0.3) is 5.91 Å². The summed E-state index contributed by atoms with van der Waals surface area (Å²) < 4.78 is 0. The summed E-state index contributed by atoms with van der Waals surface area (Å²) in [4.78, 5) is 26.9. The molecule has 1 aliphatic rings. The van der Waals surface area contributed by atoms with Crippen molar-refractivity contribution in [1.82, 2.24) is 4.90 Å². The average Bonchev–Trinajstić information content (AvgIpc) is 3.14. The van der Waals surface area contributed by atoms with Crippen LogP contribution >= 0.6 is 35.0 Å². The number of halogens is 2. The summed E-state index contributed by atoms with van der Waals surface area (Å²) >= 11 is 13.4. The fourth-order valence-corrected chi connectivity index (χ4v) is 3.96. The zero-order valence-corrected chi connectivity index (χ0v) is 15.7. The highest BCUT2D eigenvalue weighted by Gasteiger charge is 2.35. The lowest BCUT2D eigenvalue weighted by Gasteiger charge is -2.23. The van der Waals surface area contributed by atoms with Crippen molar-refractivity contribution >= 4 is 52.5 Å². The molecule has 1 N–H and O–H groups in total. The Morgan fingerprint density at radius 2 is 1.88 bits per heavy atom. The molecular weight excluding hydrogens is 393 g/mol. The van der Waals surface area contributed by atoms with Gasteiger partial charge >= 0.3 is 0 Å². The van der Waals surface area contributed by atoms with Crippen LogP contribution in [0.25, 0.3) is 0 Å². The monoisotopic (exact) mass is 405 g/mol. The first-order chi connectivity index (χ1) is 12.5. The molecule has 2 amide bonds. The van der Waals surface area contributed by atoms with E-state index in [2.05, 4.69) is 5.32 Å². The van der Waals surface area contributed by atoms with Crippen molar-refractivity contribution in [2.75, 3.05) is 16.9 Å². The van der Waals surface area contributed by atoms with E-state index in [9.17, 15) is 9.59 Å². The largest absolute Gasteiger partial charge is 0.324 e. The quantitative estimate of drug-likeness (QED) is 0.836. The second-order valence-corrected chi connectivity index (χ2v) is 7.41. The number of anilines is 1. The second-order valence-electron chi connectivity index (χ2n) is 5.60. The first-order valence-corrected chi connectivity index (χ1v) is 9.55. The molecule has 8 heteroatoms. The summed E-state index contributed by atoms with van der Waals surface area (Å²) in [5.41, 5.74) is 1.47. The maximum atomic E-state index is 12.8. The van der Waals surface area contributed by atoms with E-state index < -0.39 is 6.04 Å². The fourth-order valence-electron chi connectivity index (χ4n) is 2.51. The van der Waals surface area contributed by atoms with E-state index in [4.69, 9.17) is 28.5 Å². The first kappa shape index (κ1) is 18.6. The number of thioether (sulfide) groups is 1. The van der Waals surface area contributed by atoms with Crippen molar-refractivity contribution in [3.05, 3.63) is 63.6 Å². The number of carbonyl (C=O) groups is 2. The zero-order chi connectivity index (χ0) is 18.7. The van der Waals surface area contributed by atoms with E-state index in [1.165, 1.54) is 22.7 Å². The first-order valence-electron chi connectivity index (χ1n) is 7.64. The molecule has 132 valence electrons. The molecule has 26 heavy (non-hydrogen) atoms. The van der Waals surface area contributed by atoms with E-state index in [-0.39, 0.29) is 11.8 Å². The number of nitrogens with one attached hydrogen (secondary N) is 1. The summed E-state index contributed by atoms with van der Waals surface area (Å²) in [5.74, 6) is 0.390. The molecule has 1 heterocycles. The highest BCUT2D eigenvalue weighted by Crippen LogP contribution is 2.27. The number of hydrogen-bond donors (Lipinski definition) is 1. The molecule has 0 bridgehead atoms. The number of hydrogen-bond acceptors (Lipinski definition) is 4. The summed E-state index contributed by atoms with van der Waals surface area (Å²) in [6.07, 6.45) is 0. The van der Waals surface area contributed by atoms with Crippen LogP contribution in [-0.2, 0) is 4.79 Å². The van der Waals surface area contributed by atoms with Crippen LogP contribution in [0.4, 0.5) is 5.69 Å². The van der Waals surface area contributed by atoms with Crippen molar-refractivity contribution < 1.29 is 9.59 Å². The van der Waals surface area contributed by atoms with Crippen LogP contribution in [0.1, 0.15) is 15.9 Å². The lowest BCUT2D eigenvalue weighted by Crippen LogP contribution is -2.44. The number of amides is 2. The Kier molecular flexibility index (Phi) is 5.72. The molecule has 0 radical (unpaired) electrons. The molecule has 0 aromatic heterocycles. The van der Waals surface area contributed by atoms with Gasteiger partial charge in [-0.2, -0.15) is 5.26 Å². The third kappa shape index (κ3) is 3.96. The molecule has 2 aromatic carbocycles. The van der Waals surface area contributed by atoms with Gasteiger partial charge in [-0.3, -0.25) is 9.59 Å².